The molecule has 4 heteroatoms. The summed E-state index contributed by atoms with van der Waals surface area (Å²) in [5.41, 5.74) is 2.15. The lowest BCUT2D eigenvalue weighted by Gasteiger charge is -2.38. The van der Waals surface area contributed by atoms with Crippen molar-refractivity contribution >= 4 is 5.69 Å². The van der Waals surface area contributed by atoms with Crippen LogP contribution < -0.4 is 10.1 Å². The minimum Gasteiger partial charge on any atom is -0.491 e. The molecular formula is C22H29FN2O. The maximum Gasteiger partial charge on any atom is 0.125 e. The summed E-state index contributed by atoms with van der Waals surface area (Å²) in [7, 11) is 0. The first kappa shape index (κ1) is 18.7. The number of benzene rings is 2. The zero-order valence-corrected chi connectivity index (χ0v) is 15.9. The van der Waals surface area contributed by atoms with E-state index in [9.17, 15) is 4.39 Å². The number of hydrogen-bond acceptors (Lipinski definition) is 3. The normalized spacial score (nSPS) is 21.0. The molecule has 0 amide bonds. The molecule has 1 aliphatic rings. The van der Waals surface area contributed by atoms with Gasteiger partial charge in [0, 0.05) is 30.9 Å². The van der Waals surface area contributed by atoms with E-state index < -0.39 is 0 Å². The summed E-state index contributed by atoms with van der Waals surface area (Å²) in [5.74, 6) is 0.747. The number of halogens is 1. The van der Waals surface area contributed by atoms with Crippen LogP contribution in [0.15, 0.2) is 48.5 Å². The molecule has 140 valence electrons. The number of hydrogen-bond donors (Lipinski definition) is 1. The Morgan fingerprint density at radius 1 is 1.19 bits per heavy atom. The van der Waals surface area contributed by atoms with Gasteiger partial charge in [-0.3, -0.25) is 4.90 Å². The number of ether oxygens (including phenoxy) is 1. The molecule has 0 saturated carbocycles. The highest BCUT2D eigenvalue weighted by molar-refractivity contribution is 5.44. The van der Waals surface area contributed by atoms with Crippen molar-refractivity contribution in [2.45, 2.75) is 58.3 Å². The van der Waals surface area contributed by atoms with E-state index in [0.29, 0.717) is 12.1 Å². The van der Waals surface area contributed by atoms with Gasteiger partial charge in [0.2, 0.25) is 0 Å². The van der Waals surface area contributed by atoms with Crippen molar-refractivity contribution in [1.29, 1.82) is 0 Å². The molecule has 1 saturated heterocycles. The van der Waals surface area contributed by atoms with E-state index in [0.717, 1.165) is 37.4 Å². The number of likely N-dealkylation sites (tertiary alicyclic amines) is 1. The Bertz CT molecular complexity index is 719. The van der Waals surface area contributed by atoms with E-state index in [2.05, 4.69) is 35.3 Å². The Morgan fingerprint density at radius 3 is 2.73 bits per heavy atom. The number of anilines is 1. The molecule has 3 rings (SSSR count). The zero-order chi connectivity index (χ0) is 18.5. The first-order valence-corrected chi connectivity index (χ1v) is 9.51. The molecule has 1 N–H and O–H groups in total. The molecule has 1 heterocycles. The highest BCUT2D eigenvalue weighted by atomic mass is 19.1. The maximum absolute atomic E-state index is 13.4. The molecule has 0 bridgehead atoms. The van der Waals surface area contributed by atoms with Gasteiger partial charge in [0.25, 0.3) is 0 Å². The van der Waals surface area contributed by atoms with Crippen molar-refractivity contribution in [2.75, 3.05) is 11.9 Å². The van der Waals surface area contributed by atoms with Crippen LogP contribution in [0.1, 0.15) is 39.2 Å². The first-order valence-electron chi connectivity index (χ1n) is 9.51. The van der Waals surface area contributed by atoms with E-state index in [1.165, 1.54) is 11.6 Å². The third-order valence-electron chi connectivity index (χ3n) is 4.87. The molecule has 2 atom stereocenters. The summed E-state index contributed by atoms with van der Waals surface area (Å²) in [4.78, 5) is 2.51. The minimum absolute atomic E-state index is 0.189. The average Bonchev–Trinajstić information content (AvgIpc) is 2.57. The molecule has 0 radical (unpaired) electrons. The van der Waals surface area contributed by atoms with E-state index in [1.807, 2.05) is 26.0 Å². The van der Waals surface area contributed by atoms with Crippen molar-refractivity contribution in [3.8, 4) is 5.75 Å². The SMILES string of the molecule is CC(C)Oc1cccc(CN2CC[C@@H](Nc3cccc(F)c3)C[C@@H]2C)c1. The summed E-state index contributed by atoms with van der Waals surface area (Å²) >= 11 is 0. The Kier molecular flexibility index (Phi) is 6.15. The van der Waals surface area contributed by atoms with E-state index in [1.54, 1.807) is 12.1 Å². The van der Waals surface area contributed by atoms with Crippen LogP contribution in [0.25, 0.3) is 0 Å². The van der Waals surface area contributed by atoms with Crippen LogP contribution in [-0.2, 0) is 6.54 Å². The fraction of sp³-hybridized carbons (Fsp3) is 0.455. The van der Waals surface area contributed by atoms with E-state index in [-0.39, 0.29) is 11.9 Å². The maximum atomic E-state index is 13.4. The van der Waals surface area contributed by atoms with Gasteiger partial charge < -0.3 is 10.1 Å². The molecule has 3 nitrogen and oxygen atoms in total. The van der Waals surface area contributed by atoms with Gasteiger partial charge in [0.1, 0.15) is 11.6 Å². The molecule has 1 aliphatic heterocycles. The largest absolute Gasteiger partial charge is 0.491 e. The molecule has 2 aromatic carbocycles. The second kappa shape index (κ2) is 8.54. The minimum atomic E-state index is -0.191. The van der Waals surface area contributed by atoms with Crippen molar-refractivity contribution in [1.82, 2.24) is 4.90 Å². The lowest BCUT2D eigenvalue weighted by Crippen LogP contribution is -2.44. The van der Waals surface area contributed by atoms with Crippen LogP contribution in [0.4, 0.5) is 10.1 Å². The van der Waals surface area contributed by atoms with Crippen LogP contribution in [0.2, 0.25) is 0 Å². The lowest BCUT2D eigenvalue weighted by molar-refractivity contribution is 0.144. The van der Waals surface area contributed by atoms with Crippen LogP contribution >= 0.6 is 0 Å². The van der Waals surface area contributed by atoms with Crippen LogP contribution in [-0.4, -0.2) is 29.6 Å². The number of nitrogens with one attached hydrogen (secondary N) is 1. The second-order valence-electron chi connectivity index (χ2n) is 7.51. The average molecular weight is 356 g/mol. The van der Waals surface area contributed by atoms with Gasteiger partial charge in [-0.1, -0.05) is 18.2 Å². The Balaban J connectivity index is 1.55. The number of rotatable bonds is 6. The van der Waals surface area contributed by atoms with Gasteiger partial charge in [-0.05, 0) is 69.5 Å². The Labute approximate surface area is 156 Å². The standard InChI is InChI=1S/C22H29FN2O/c1-16(2)26-22-9-4-6-18(13-22)15-25-11-10-21(12-17(25)3)24-20-8-5-7-19(23)14-20/h4-9,13-14,16-17,21,24H,10-12,15H2,1-3H3/t17-,21+/m0/s1. The molecule has 2 aromatic rings. The van der Waals surface area contributed by atoms with Crippen molar-refractivity contribution in [3.05, 3.63) is 59.9 Å². The summed E-state index contributed by atoms with van der Waals surface area (Å²) in [6.07, 6.45) is 2.30. The van der Waals surface area contributed by atoms with E-state index >= 15 is 0 Å². The monoisotopic (exact) mass is 356 g/mol. The molecule has 0 aromatic heterocycles. The van der Waals surface area contributed by atoms with Gasteiger partial charge in [-0.25, -0.2) is 4.39 Å². The number of nitrogens with zero attached hydrogens (tertiary/aromatic N) is 1. The van der Waals surface area contributed by atoms with E-state index in [4.69, 9.17) is 4.74 Å². The fourth-order valence-corrected chi connectivity index (χ4v) is 3.62. The van der Waals surface area contributed by atoms with Crippen LogP contribution in [0.5, 0.6) is 5.75 Å². The van der Waals surface area contributed by atoms with Crippen molar-refractivity contribution < 1.29 is 9.13 Å². The van der Waals surface area contributed by atoms with Crippen LogP contribution in [0.3, 0.4) is 0 Å². The van der Waals surface area contributed by atoms with Crippen molar-refractivity contribution in [2.24, 2.45) is 0 Å². The molecule has 26 heavy (non-hydrogen) atoms. The summed E-state index contributed by atoms with van der Waals surface area (Å²) < 4.78 is 19.2. The third kappa shape index (κ3) is 5.21. The van der Waals surface area contributed by atoms with Gasteiger partial charge in [0.05, 0.1) is 6.10 Å². The summed E-state index contributed by atoms with van der Waals surface area (Å²) in [5, 5.41) is 3.48. The van der Waals surface area contributed by atoms with Gasteiger partial charge >= 0.3 is 0 Å². The zero-order valence-electron chi connectivity index (χ0n) is 15.9. The van der Waals surface area contributed by atoms with Crippen molar-refractivity contribution in [3.63, 3.8) is 0 Å². The second-order valence-corrected chi connectivity index (χ2v) is 7.51. The Hall–Kier alpha value is -2.07. The highest BCUT2D eigenvalue weighted by Crippen LogP contribution is 2.24. The number of piperidine rings is 1. The molecule has 0 aliphatic carbocycles. The van der Waals surface area contributed by atoms with Gasteiger partial charge in [0.15, 0.2) is 0 Å². The first-order chi connectivity index (χ1) is 12.5. The predicted molar refractivity (Wildman–Crippen MR) is 105 cm³/mol. The predicted octanol–water partition coefficient (Wildman–Crippen LogP) is 5.08. The van der Waals surface area contributed by atoms with Crippen LogP contribution in [0, 0.1) is 5.82 Å². The quantitative estimate of drug-likeness (QED) is 0.781. The Morgan fingerprint density at radius 2 is 2.00 bits per heavy atom. The molecule has 1 fully saturated rings. The lowest BCUT2D eigenvalue weighted by atomic mass is 9.97. The fourth-order valence-electron chi connectivity index (χ4n) is 3.62. The highest BCUT2D eigenvalue weighted by Gasteiger charge is 2.25. The van der Waals surface area contributed by atoms with Gasteiger partial charge in [-0.2, -0.15) is 0 Å². The third-order valence-corrected chi connectivity index (χ3v) is 4.87. The topological polar surface area (TPSA) is 24.5 Å². The van der Waals surface area contributed by atoms with Gasteiger partial charge in [-0.15, -0.1) is 0 Å². The summed E-state index contributed by atoms with van der Waals surface area (Å²) in [6.45, 7) is 8.33. The molecular weight excluding hydrogens is 327 g/mol. The smallest absolute Gasteiger partial charge is 0.125 e. The summed E-state index contributed by atoms with van der Waals surface area (Å²) in [6, 6.07) is 16.0. The molecule has 0 unspecified atom stereocenters. The molecule has 0 spiro atoms.